The molecule has 1 heterocycles. The average Bonchev–Trinajstić information content (AvgIpc) is 2.75. The summed E-state index contributed by atoms with van der Waals surface area (Å²) >= 11 is 0. The minimum absolute atomic E-state index is 0.160. The monoisotopic (exact) mass is 290 g/mol. The van der Waals surface area contributed by atoms with Gasteiger partial charge in [-0.3, -0.25) is 4.79 Å². The fraction of sp³-hybridized carbons (Fsp3) is 0.333. The molecule has 2 aromatic rings. The van der Waals surface area contributed by atoms with Crippen LogP contribution in [0.4, 0.5) is 4.39 Å². The highest BCUT2D eigenvalue weighted by Crippen LogP contribution is 2.18. The molecule has 1 amide bonds. The van der Waals surface area contributed by atoms with Crippen LogP contribution in [-0.2, 0) is 0 Å². The van der Waals surface area contributed by atoms with Gasteiger partial charge in [-0.25, -0.2) is 9.07 Å². The molecule has 0 fully saturated rings. The number of halogens is 1. The number of carbonyl (C=O) groups excluding carboxylic acids is 1. The van der Waals surface area contributed by atoms with Crippen molar-refractivity contribution in [1.82, 2.24) is 15.1 Å². The molecule has 0 aliphatic heterocycles. The minimum atomic E-state index is -0.306. The van der Waals surface area contributed by atoms with E-state index >= 15 is 0 Å². The number of aromatic nitrogens is 2. The van der Waals surface area contributed by atoms with E-state index in [0.717, 1.165) is 17.8 Å². The third kappa shape index (κ3) is 3.28. The Labute approximate surface area is 123 Å². The normalized spacial score (nSPS) is 10.7. The van der Waals surface area contributed by atoms with Crippen molar-refractivity contribution in [2.75, 3.05) is 13.1 Å². The lowest BCUT2D eigenvalue weighted by Gasteiger charge is -2.06. The zero-order valence-electron chi connectivity index (χ0n) is 12.2. The molecule has 0 saturated heterocycles. The number of aryl methyl sites for hydroxylation is 1. The van der Waals surface area contributed by atoms with Crippen molar-refractivity contribution in [2.24, 2.45) is 5.73 Å². The number of benzene rings is 1. The van der Waals surface area contributed by atoms with E-state index in [-0.39, 0.29) is 11.7 Å². The maximum Gasteiger partial charge on any atom is 0.255 e. The van der Waals surface area contributed by atoms with Gasteiger partial charge >= 0.3 is 0 Å². The van der Waals surface area contributed by atoms with Crippen LogP contribution in [0.1, 0.15) is 28.2 Å². The Morgan fingerprint density at radius 3 is 2.62 bits per heavy atom. The number of rotatable bonds is 5. The molecule has 0 bridgehead atoms. The molecule has 0 radical (unpaired) electrons. The van der Waals surface area contributed by atoms with Crippen LogP contribution in [0.2, 0.25) is 0 Å². The summed E-state index contributed by atoms with van der Waals surface area (Å²) in [5.74, 6) is -0.466. The van der Waals surface area contributed by atoms with Crippen molar-refractivity contribution >= 4 is 5.91 Å². The Kier molecular flexibility index (Phi) is 4.70. The minimum Gasteiger partial charge on any atom is -0.352 e. The summed E-state index contributed by atoms with van der Waals surface area (Å²) in [5, 5.41) is 7.19. The van der Waals surface area contributed by atoms with Gasteiger partial charge in [0, 0.05) is 6.54 Å². The Hall–Kier alpha value is -2.21. The zero-order valence-corrected chi connectivity index (χ0v) is 12.2. The number of nitrogens with one attached hydrogen (secondary N) is 1. The van der Waals surface area contributed by atoms with Gasteiger partial charge in [-0.2, -0.15) is 5.10 Å². The van der Waals surface area contributed by atoms with E-state index in [9.17, 15) is 9.18 Å². The number of nitrogens with two attached hydrogens (primary N) is 1. The summed E-state index contributed by atoms with van der Waals surface area (Å²) in [6.45, 7) is 4.68. The molecule has 21 heavy (non-hydrogen) atoms. The summed E-state index contributed by atoms with van der Waals surface area (Å²) in [6.07, 6.45) is 0.732. The van der Waals surface area contributed by atoms with Gasteiger partial charge in [-0.05, 0) is 51.1 Å². The van der Waals surface area contributed by atoms with E-state index < -0.39 is 0 Å². The van der Waals surface area contributed by atoms with Crippen molar-refractivity contribution in [1.29, 1.82) is 0 Å². The van der Waals surface area contributed by atoms with Crippen molar-refractivity contribution in [3.63, 3.8) is 0 Å². The van der Waals surface area contributed by atoms with Gasteiger partial charge in [0.25, 0.3) is 5.91 Å². The lowest BCUT2D eigenvalue weighted by molar-refractivity contribution is 0.0952. The Morgan fingerprint density at radius 2 is 2.00 bits per heavy atom. The third-order valence-electron chi connectivity index (χ3n) is 3.26. The van der Waals surface area contributed by atoms with Gasteiger partial charge in [0.1, 0.15) is 5.82 Å². The summed E-state index contributed by atoms with van der Waals surface area (Å²) < 4.78 is 14.6. The molecule has 0 atom stereocenters. The fourth-order valence-corrected chi connectivity index (χ4v) is 2.20. The highest BCUT2D eigenvalue weighted by Gasteiger charge is 2.18. The predicted molar refractivity (Wildman–Crippen MR) is 79.0 cm³/mol. The van der Waals surface area contributed by atoms with Crippen molar-refractivity contribution < 1.29 is 9.18 Å². The molecule has 2 rings (SSSR count). The van der Waals surface area contributed by atoms with Crippen molar-refractivity contribution in [3.8, 4) is 5.69 Å². The quantitative estimate of drug-likeness (QED) is 0.823. The molecule has 112 valence electrons. The number of carbonyl (C=O) groups is 1. The van der Waals surface area contributed by atoms with Gasteiger partial charge in [-0.15, -0.1) is 0 Å². The van der Waals surface area contributed by atoms with Crippen LogP contribution in [0.5, 0.6) is 0 Å². The molecule has 1 aromatic heterocycles. The first kappa shape index (κ1) is 15.2. The van der Waals surface area contributed by atoms with Crippen LogP contribution in [0, 0.1) is 19.7 Å². The van der Waals surface area contributed by atoms with E-state index in [1.54, 1.807) is 23.7 Å². The van der Waals surface area contributed by atoms with Crippen LogP contribution >= 0.6 is 0 Å². The van der Waals surface area contributed by atoms with Crippen LogP contribution < -0.4 is 11.1 Å². The van der Waals surface area contributed by atoms with Gasteiger partial charge in [0.15, 0.2) is 0 Å². The van der Waals surface area contributed by atoms with E-state index in [0.29, 0.717) is 24.3 Å². The second kappa shape index (κ2) is 6.49. The standard InChI is InChI=1S/C15H19FN4O/c1-10-14(15(21)18-9-3-8-17)11(2)20(19-10)13-6-4-12(16)5-7-13/h4-7H,3,8-9,17H2,1-2H3,(H,18,21). The van der Waals surface area contributed by atoms with Crippen LogP contribution in [0.15, 0.2) is 24.3 Å². The molecule has 0 saturated carbocycles. The second-order valence-corrected chi connectivity index (χ2v) is 4.83. The average molecular weight is 290 g/mol. The molecule has 0 aliphatic carbocycles. The van der Waals surface area contributed by atoms with E-state index in [1.165, 1.54) is 12.1 Å². The first-order chi connectivity index (χ1) is 10.0. The first-order valence-electron chi connectivity index (χ1n) is 6.85. The van der Waals surface area contributed by atoms with E-state index in [4.69, 9.17) is 5.73 Å². The van der Waals surface area contributed by atoms with Crippen LogP contribution in [0.3, 0.4) is 0 Å². The van der Waals surface area contributed by atoms with Crippen LogP contribution in [-0.4, -0.2) is 28.8 Å². The molecule has 5 nitrogen and oxygen atoms in total. The number of nitrogens with zero attached hydrogens (tertiary/aromatic N) is 2. The predicted octanol–water partition coefficient (Wildman–Crippen LogP) is 1.71. The smallest absolute Gasteiger partial charge is 0.255 e. The third-order valence-corrected chi connectivity index (χ3v) is 3.26. The molecule has 0 spiro atoms. The van der Waals surface area contributed by atoms with Gasteiger partial charge in [0.2, 0.25) is 0 Å². The van der Waals surface area contributed by atoms with Crippen LogP contribution in [0.25, 0.3) is 5.69 Å². The first-order valence-corrected chi connectivity index (χ1v) is 6.85. The number of hydrogen-bond acceptors (Lipinski definition) is 3. The highest BCUT2D eigenvalue weighted by molar-refractivity contribution is 5.96. The zero-order chi connectivity index (χ0) is 15.4. The maximum absolute atomic E-state index is 13.0. The summed E-state index contributed by atoms with van der Waals surface area (Å²) in [5.41, 5.74) is 8.05. The number of hydrogen-bond donors (Lipinski definition) is 2. The molecular formula is C15H19FN4O. The summed E-state index contributed by atoms with van der Waals surface area (Å²) in [4.78, 5) is 12.2. The Balaban J connectivity index is 2.29. The van der Waals surface area contributed by atoms with E-state index in [2.05, 4.69) is 10.4 Å². The van der Waals surface area contributed by atoms with Gasteiger partial charge in [0.05, 0.1) is 22.6 Å². The SMILES string of the molecule is Cc1nn(-c2ccc(F)cc2)c(C)c1C(=O)NCCCN. The second-order valence-electron chi connectivity index (χ2n) is 4.83. The van der Waals surface area contributed by atoms with Gasteiger partial charge < -0.3 is 11.1 Å². The molecule has 3 N–H and O–H groups in total. The molecule has 6 heteroatoms. The molecule has 0 unspecified atom stereocenters. The lowest BCUT2D eigenvalue weighted by Crippen LogP contribution is -2.26. The largest absolute Gasteiger partial charge is 0.352 e. The highest BCUT2D eigenvalue weighted by atomic mass is 19.1. The van der Waals surface area contributed by atoms with Crippen molar-refractivity contribution in [3.05, 3.63) is 47.0 Å². The van der Waals surface area contributed by atoms with E-state index in [1.807, 2.05) is 6.92 Å². The summed E-state index contributed by atoms with van der Waals surface area (Å²) in [7, 11) is 0. The molecular weight excluding hydrogens is 271 g/mol. The Morgan fingerprint density at radius 1 is 1.33 bits per heavy atom. The number of amides is 1. The molecule has 0 aliphatic rings. The fourth-order valence-electron chi connectivity index (χ4n) is 2.20. The van der Waals surface area contributed by atoms with Crippen molar-refractivity contribution in [2.45, 2.75) is 20.3 Å². The molecule has 1 aromatic carbocycles. The summed E-state index contributed by atoms with van der Waals surface area (Å²) in [6, 6.07) is 6.00. The Bertz CT molecular complexity index is 634. The topological polar surface area (TPSA) is 72.9 Å². The van der Waals surface area contributed by atoms with Gasteiger partial charge in [-0.1, -0.05) is 0 Å². The lowest BCUT2D eigenvalue weighted by atomic mass is 10.2. The maximum atomic E-state index is 13.0.